The molecule has 1 atom stereocenters. The van der Waals surface area contributed by atoms with Gasteiger partial charge in [-0.1, -0.05) is 25.0 Å². The number of anilines is 1. The predicted octanol–water partition coefficient (Wildman–Crippen LogP) is 2.32. The van der Waals surface area contributed by atoms with E-state index in [9.17, 15) is 5.11 Å². The molecule has 1 aromatic rings. The third kappa shape index (κ3) is 2.99. The third-order valence-electron chi connectivity index (χ3n) is 4.90. The van der Waals surface area contributed by atoms with Gasteiger partial charge in [-0.2, -0.15) is 0 Å². The summed E-state index contributed by atoms with van der Waals surface area (Å²) in [5, 5.41) is 13.6. The Morgan fingerprint density at radius 3 is 2.95 bits per heavy atom. The molecule has 1 aromatic carbocycles. The van der Waals surface area contributed by atoms with Crippen LogP contribution in [-0.2, 0) is 13.0 Å². The van der Waals surface area contributed by atoms with Crippen LogP contribution < -0.4 is 10.2 Å². The molecule has 1 fully saturated rings. The van der Waals surface area contributed by atoms with Gasteiger partial charge in [-0.15, -0.1) is 0 Å². The SMILES string of the molecule is CN1CCc2cc(CNCC(O)C3CCCC3)ccc21. The summed E-state index contributed by atoms with van der Waals surface area (Å²) in [5.74, 6) is 0.524. The molecule has 0 saturated heterocycles. The molecule has 2 aliphatic rings. The molecule has 1 aliphatic heterocycles. The number of hydrogen-bond donors (Lipinski definition) is 2. The number of rotatable bonds is 5. The minimum atomic E-state index is -0.168. The van der Waals surface area contributed by atoms with E-state index in [4.69, 9.17) is 0 Å². The van der Waals surface area contributed by atoms with Gasteiger partial charge in [-0.3, -0.25) is 0 Å². The lowest BCUT2D eigenvalue weighted by molar-refractivity contribution is 0.109. The first kappa shape index (κ1) is 13.9. The number of benzene rings is 1. The molecular formula is C17H26N2O. The maximum absolute atomic E-state index is 10.1. The molecule has 20 heavy (non-hydrogen) atoms. The lowest BCUT2D eigenvalue weighted by atomic mass is 10.0. The summed E-state index contributed by atoms with van der Waals surface area (Å²) in [5.41, 5.74) is 4.17. The van der Waals surface area contributed by atoms with Crippen LogP contribution in [0.3, 0.4) is 0 Å². The van der Waals surface area contributed by atoms with Crippen molar-refractivity contribution >= 4 is 5.69 Å². The zero-order valence-corrected chi connectivity index (χ0v) is 12.4. The summed E-state index contributed by atoms with van der Waals surface area (Å²) in [6, 6.07) is 6.75. The number of nitrogens with one attached hydrogen (secondary N) is 1. The highest BCUT2D eigenvalue weighted by molar-refractivity contribution is 5.58. The molecule has 3 heteroatoms. The molecule has 0 aromatic heterocycles. The normalized spacial score (nSPS) is 20.4. The molecule has 110 valence electrons. The maximum Gasteiger partial charge on any atom is 0.0692 e. The van der Waals surface area contributed by atoms with Gasteiger partial charge < -0.3 is 15.3 Å². The fourth-order valence-electron chi connectivity index (χ4n) is 3.60. The molecule has 0 amide bonds. The monoisotopic (exact) mass is 274 g/mol. The Labute approximate surface area is 122 Å². The van der Waals surface area contributed by atoms with Crippen LogP contribution in [0, 0.1) is 5.92 Å². The molecule has 2 N–H and O–H groups in total. The molecule has 3 nitrogen and oxygen atoms in total. The third-order valence-corrected chi connectivity index (χ3v) is 4.90. The summed E-state index contributed by atoms with van der Waals surface area (Å²) in [4.78, 5) is 2.32. The Morgan fingerprint density at radius 1 is 1.35 bits per heavy atom. The van der Waals surface area contributed by atoms with Crippen molar-refractivity contribution in [1.29, 1.82) is 0 Å². The van der Waals surface area contributed by atoms with Crippen LogP contribution in [0.25, 0.3) is 0 Å². The molecular weight excluding hydrogens is 248 g/mol. The lowest BCUT2D eigenvalue weighted by Crippen LogP contribution is -2.31. The highest BCUT2D eigenvalue weighted by Crippen LogP contribution is 2.28. The fourth-order valence-corrected chi connectivity index (χ4v) is 3.60. The Hall–Kier alpha value is -1.06. The topological polar surface area (TPSA) is 35.5 Å². The van der Waals surface area contributed by atoms with Gasteiger partial charge in [0.05, 0.1) is 6.10 Å². The molecule has 1 unspecified atom stereocenters. The standard InChI is InChI=1S/C17H26N2O/c1-19-9-8-15-10-13(6-7-16(15)19)11-18-12-17(20)14-4-2-3-5-14/h6-7,10,14,17-18,20H,2-5,8-9,11-12H2,1H3. The summed E-state index contributed by atoms with van der Waals surface area (Å²) < 4.78 is 0. The summed E-state index contributed by atoms with van der Waals surface area (Å²) in [6.07, 6.45) is 5.98. The number of aliphatic hydroxyl groups is 1. The van der Waals surface area contributed by atoms with Crippen LogP contribution >= 0.6 is 0 Å². The zero-order valence-electron chi connectivity index (χ0n) is 12.4. The largest absolute Gasteiger partial charge is 0.392 e. The summed E-state index contributed by atoms with van der Waals surface area (Å²) in [7, 11) is 2.15. The van der Waals surface area contributed by atoms with E-state index >= 15 is 0 Å². The first-order valence-electron chi connectivity index (χ1n) is 7.96. The number of nitrogens with zero attached hydrogens (tertiary/aromatic N) is 1. The van der Waals surface area contributed by atoms with E-state index in [1.807, 2.05) is 0 Å². The number of fused-ring (bicyclic) bond motifs is 1. The van der Waals surface area contributed by atoms with Crippen molar-refractivity contribution in [1.82, 2.24) is 5.32 Å². The van der Waals surface area contributed by atoms with Crippen molar-refractivity contribution in [2.75, 3.05) is 25.0 Å². The Morgan fingerprint density at radius 2 is 2.15 bits per heavy atom. The summed E-state index contributed by atoms with van der Waals surface area (Å²) in [6.45, 7) is 2.72. The van der Waals surface area contributed by atoms with Gasteiger partial charge in [0.2, 0.25) is 0 Å². The van der Waals surface area contributed by atoms with Crippen LogP contribution in [0.15, 0.2) is 18.2 Å². The molecule has 1 heterocycles. The molecule has 3 rings (SSSR count). The molecule has 1 saturated carbocycles. The van der Waals surface area contributed by atoms with Crippen molar-refractivity contribution in [3.63, 3.8) is 0 Å². The van der Waals surface area contributed by atoms with Crippen LogP contribution in [0.4, 0.5) is 5.69 Å². The van der Waals surface area contributed by atoms with E-state index in [1.165, 1.54) is 42.5 Å². The molecule has 0 spiro atoms. The second kappa shape index (κ2) is 6.15. The molecule has 1 aliphatic carbocycles. The predicted molar refractivity (Wildman–Crippen MR) is 83.1 cm³/mol. The fraction of sp³-hybridized carbons (Fsp3) is 0.647. The summed E-state index contributed by atoms with van der Waals surface area (Å²) >= 11 is 0. The van der Waals surface area contributed by atoms with Crippen LogP contribution in [0.1, 0.15) is 36.8 Å². The second-order valence-electron chi connectivity index (χ2n) is 6.38. The lowest BCUT2D eigenvalue weighted by Gasteiger charge is -2.18. The quantitative estimate of drug-likeness (QED) is 0.865. The van der Waals surface area contributed by atoms with E-state index in [0.717, 1.165) is 26.1 Å². The van der Waals surface area contributed by atoms with E-state index < -0.39 is 0 Å². The average Bonchev–Trinajstić information content (AvgIpc) is 3.09. The van der Waals surface area contributed by atoms with Gasteiger partial charge in [0, 0.05) is 32.4 Å². The second-order valence-corrected chi connectivity index (χ2v) is 6.38. The van der Waals surface area contributed by atoms with Crippen LogP contribution in [0.2, 0.25) is 0 Å². The van der Waals surface area contributed by atoms with E-state index in [-0.39, 0.29) is 6.10 Å². The Bertz CT molecular complexity index is 454. The van der Waals surface area contributed by atoms with Crippen molar-refractivity contribution in [2.24, 2.45) is 5.92 Å². The van der Waals surface area contributed by atoms with Crippen LogP contribution in [-0.4, -0.2) is 31.3 Å². The molecule has 0 radical (unpaired) electrons. The molecule has 0 bridgehead atoms. The number of hydrogen-bond acceptors (Lipinski definition) is 3. The van der Waals surface area contributed by atoms with E-state index in [0.29, 0.717) is 5.92 Å². The highest BCUT2D eigenvalue weighted by Gasteiger charge is 2.22. The van der Waals surface area contributed by atoms with Crippen molar-refractivity contribution in [3.05, 3.63) is 29.3 Å². The average molecular weight is 274 g/mol. The van der Waals surface area contributed by atoms with Gasteiger partial charge in [-0.05, 0) is 42.4 Å². The first-order valence-corrected chi connectivity index (χ1v) is 7.96. The minimum absolute atomic E-state index is 0.168. The first-order chi connectivity index (χ1) is 9.74. The number of likely N-dealkylation sites (N-methyl/N-ethyl adjacent to an activating group) is 1. The van der Waals surface area contributed by atoms with Gasteiger partial charge in [0.1, 0.15) is 0 Å². The van der Waals surface area contributed by atoms with Gasteiger partial charge in [0.25, 0.3) is 0 Å². The van der Waals surface area contributed by atoms with Gasteiger partial charge >= 0.3 is 0 Å². The Balaban J connectivity index is 1.49. The zero-order chi connectivity index (χ0) is 13.9. The highest BCUT2D eigenvalue weighted by atomic mass is 16.3. The Kier molecular flexibility index (Phi) is 4.27. The van der Waals surface area contributed by atoms with Gasteiger partial charge in [-0.25, -0.2) is 0 Å². The van der Waals surface area contributed by atoms with Gasteiger partial charge in [0.15, 0.2) is 0 Å². The minimum Gasteiger partial charge on any atom is -0.392 e. The van der Waals surface area contributed by atoms with E-state index in [1.54, 1.807) is 0 Å². The van der Waals surface area contributed by atoms with E-state index in [2.05, 4.69) is 35.5 Å². The van der Waals surface area contributed by atoms with Crippen molar-refractivity contribution in [3.8, 4) is 0 Å². The smallest absolute Gasteiger partial charge is 0.0692 e. The van der Waals surface area contributed by atoms with Crippen LogP contribution in [0.5, 0.6) is 0 Å². The maximum atomic E-state index is 10.1. The van der Waals surface area contributed by atoms with Crippen molar-refractivity contribution < 1.29 is 5.11 Å². The number of aliphatic hydroxyl groups excluding tert-OH is 1. The van der Waals surface area contributed by atoms with Crippen molar-refractivity contribution in [2.45, 2.75) is 44.8 Å².